The van der Waals surface area contributed by atoms with E-state index in [1.54, 1.807) is 5.57 Å². The maximum absolute atomic E-state index is 11.8. The van der Waals surface area contributed by atoms with Crippen molar-refractivity contribution in [2.45, 2.75) is 77.7 Å². The summed E-state index contributed by atoms with van der Waals surface area (Å²) in [5.41, 5.74) is 2.78. The normalized spacial score (nSPS) is 51.4. The molecule has 22 heavy (non-hydrogen) atoms. The zero-order chi connectivity index (χ0) is 15.7. The lowest BCUT2D eigenvalue weighted by molar-refractivity contribution is -0.119. The van der Waals surface area contributed by atoms with Crippen LogP contribution in [-0.2, 0) is 4.79 Å². The number of Topliss-reactive ketones (excluding diaryl/α,β-unsaturated/α-hetero) is 1. The molecule has 0 spiro atoms. The Bertz CT molecular complexity index is 544. The molecule has 0 amide bonds. The van der Waals surface area contributed by atoms with Gasteiger partial charge in [-0.15, -0.1) is 0 Å². The molecule has 4 aliphatic carbocycles. The van der Waals surface area contributed by atoms with Crippen molar-refractivity contribution in [2.75, 3.05) is 0 Å². The Kier molecular flexibility index (Phi) is 3.18. The fourth-order valence-corrected chi connectivity index (χ4v) is 6.71. The van der Waals surface area contributed by atoms with Crippen molar-refractivity contribution in [1.29, 1.82) is 0 Å². The van der Waals surface area contributed by atoms with E-state index < -0.39 is 5.60 Å². The van der Waals surface area contributed by atoms with Crippen LogP contribution in [0.25, 0.3) is 0 Å². The van der Waals surface area contributed by atoms with Gasteiger partial charge in [0.2, 0.25) is 0 Å². The van der Waals surface area contributed by atoms with Gasteiger partial charge in [-0.3, -0.25) is 4.79 Å². The molecule has 0 aromatic heterocycles. The first-order valence-corrected chi connectivity index (χ1v) is 9.28. The van der Waals surface area contributed by atoms with E-state index in [1.165, 1.54) is 18.4 Å². The Morgan fingerprint density at radius 1 is 1.14 bits per heavy atom. The van der Waals surface area contributed by atoms with Gasteiger partial charge in [0.05, 0.1) is 5.60 Å². The van der Waals surface area contributed by atoms with Crippen LogP contribution in [0.1, 0.15) is 72.1 Å². The zero-order valence-corrected chi connectivity index (χ0v) is 14.3. The molecule has 2 fully saturated rings. The maximum Gasteiger partial charge on any atom is 0.137 e. The zero-order valence-electron chi connectivity index (χ0n) is 14.3. The van der Waals surface area contributed by atoms with E-state index in [4.69, 9.17) is 0 Å². The number of fused-ring (bicyclic) bond motifs is 4. The Morgan fingerprint density at radius 2 is 1.91 bits per heavy atom. The summed E-state index contributed by atoms with van der Waals surface area (Å²) in [6, 6.07) is 0. The van der Waals surface area contributed by atoms with E-state index in [0.29, 0.717) is 23.5 Å². The summed E-state index contributed by atoms with van der Waals surface area (Å²) in [6.07, 6.45) is 8.22. The largest absolute Gasteiger partial charge is 0.390 e. The molecular weight excluding hydrogens is 272 g/mol. The quantitative estimate of drug-likeness (QED) is 0.679. The average Bonchev–Trinajstić information content (AvgIpc) is 2.69. The van der Waals surface area contributed by atoms with Gasteiger partial charge in [0.15, 0.2) is 0 Å². The van der Waals surface area contributed by atoms with Gasteiger partial charge in [-0.1, -0.05) is 25.0 Å². The number of aliphatic hydroxyl groups is 1. The standard InChI is InChI=1S/C20H30O2/c1-12-10-13-11-14(21)4-5-15(13)16-6-8-19(2)17(18(12)16)7-9-20(19,3)22/h12,16-18,22H,4-11H2,1-3H3/t12-,16?,17?,18?,19+,20+/m1/s1. The number of hydrogen-bond acceptors (Lipinski definition) is 2. The molecule has 122 valence electrons. The molecule has 0 aromatic rings. The van der Waals surface area contributed by atoms with Crippen molar-refractivity contribution < 1.29 is 9.90 Å². The van der Waals surface area contributed by atoms with Gasteiger partial charge in [-0.2, -0.15) is 0 Å². The summed E-state index contributed by atoms with van der Waals surface area (Å²) in [7, 11) is 0. The van der Waals surface area contributed by atoms with E-state index in [1.807, 2.05) is 0 Å². The van der Waals surface area contributed by atoms with Gasteiger partial charge in [0.1, 0.15) is 5.78 Å². The van der Waals surface area contributed by atoms with Crippen LogP contribution < -0.4 is 0 Å². The van der Waals surface area contributed by atoms with Gasteiger partial charge in [-0.25, -0.2) is 0 Å². The Morgan fingerprint density at radius 3 is 2.68 bits per heavy atom. The molecule has 4 rings (SSSR count). The number of carbonyl (C=O) groups is 1. The average molecular weight is 302 g/mol. The summed E-state index contributed by atoms with van der Waals surface area (Å²) in [6.45, 7) is 6.83. The monoisotopic (exact) mass is 302 g/mol. The molecule has 4 aliphatic rings. The highest BCUT2D eigenvalue weighted by Gasteiger charge is 2.60. The fourth-order valence-electron chi connectivity index (χ4n) is 6.71. The lowest BCUT2D eigenvalue weighted by Gasteiger charge is -2.55. The molecule has 1 N–H and O–H groups in total. The van der Waals surface area contributed by atoms with Crippen molar-refractivity contribution >= 4 is 5.78 Å². The minimum Gasteiger partial charge on any atom is -0.390 e. The van der Waals surface area contributed by atoms with E-state index in [2.05, 4.69) is 20.8 Å². The van der Waals surface area contributed by atoms with Crippen LogP contribution >= 0.6 is 0 Å². The van der Waals surface area contributed by atoms with E-state index in [0.717, 1.165) is 44.4 Å². The molecule has 6 atom stereocenters. The second-order valence-electron chi connectivity index (χ2n) is 9.08. The summed E-state index contributed by atoms with van der Waals surface area (Å²) in [5.74, 6) is 3.24. The van der Waals surface area contributed by atoms with Crippen molar-refractivity contribution in [3.05, 3.63) is 11.1 Å². The predicted octanol–water partition coefficient (Wildman–Crippen LogP) is 4.27. The van der Waals surface area contributed by atoms with Crippen LogP contribution in [0.5, 0.6) is 0 Å². The molecule has 2 nitrogen and oxygen atoms in total. The summed E-state index contributed by atoms with van der Waals surface area (Å²) >= 11 is 0. The second-order valence-corrected chi connectivity index (χ2v) is 9.08. The van der Waals surface area contributed by atoms with E-state index in [-0.39, 0.29) is 5.41 Å². The van der Waals surface area contributed by atoms with Gasteiger partial charge in [0.25, 0.3) is 0 Å². The third kappa shape index (κ3) is 1.85. The molecule has 3 unspecified atom stereocenters. The summed E-state index contributed by atoms with van der Waals surface area (Å²) in [5, 5.41) is 10.9. The first-order chi connectivity index (χ1) is 10.3. The first-order valence-electron chi connectivity index (χ1n) is 9.28. The van der Waals surface area contributed by atoms with Crippen LogP contribution in [0, 0.1) is 29.1 Å². The van der Waals surface area contributed by atoms with Gasteiger partial charge in [-0.05, 0) is 74.5 Å². The van der Waals surface area contributed by atoms with Gasteiger partial charge < -0.3 is 5.11 Å². The lowest BCUT2D eigenvalue weighted by Crippen LogP contribution is -2.51. The number of allylic oxidation sites excluding steroid dienone is 2. The number of carbonyl (C=O) groups excluding carboxylic acids is 1. The van der Waals surface area contributed by atoms with E-state index in [9.17, 15) is 9.90 Å². The molecule has 2 saturated carbocycles. The van der Waals surface area contributed by atoms with Crippen LogP contribution in [0.4, 0.5) is 0 Å². The van der Waals surface area contributed by atoms with E-state index >= 15 is 0 Å². The molecule has 0 heterocycles. The van der Waals surface area contributed by atoms with Crippen molar-refractivity contribution in [3.63, 3.8) is 0 Å². The molecule has 0 radical (unpaired) electrons. The third-order valence-electron chi connectivity index (χ3n) is 8.11. The minimum absolute atomic E-state index is 0.102. The van der Waals surface area contributed by atoms with Crippen molar-refractivity contribution in [3.8, 4) is 0 Å². The smallest absolute Gasteiger partial charge is 0.137 e. The van der Waals surface area contributed by atoms with Crippen LogP contribution in [0.15, 0.2) is 11.1 Å². The second kappa shape index (κ2) is 4.69. The predicted molar refractivity (Wildman–Crippen MR) is 87.3 cm³/mol. The highest BCUT2D eigenvalue weighted by molar-refractivity contribution is 5.82. The summed E-state index contributed by atoms with van der Waals surface area (Å²) in [4.78, 5) is 11.8. The number of rotatable bonds is 0. The van der Waals surface area contributed by atoms with Crippen molar-refractivity contribution in [1.82, 2.24) is 0 Å². The van der Waals surface area contributed by atoms with Gasteiger partial charge in [0, 0.05) is 12.8 Å². The Balaban J connectivity index is 1.71. The highest BCUT2D eigenvalue weighted by Crippen LogP contribution is 2.65. The molecule has 0 bridgehead atoms. The fraction of sp³-hybridized carbons (Fsp3) is 0.850. The van der Waals surface area contributed by atoms with Gasteiger partial charge >= 0.3 is 0 Å². The Labute approximate surface area is 134 Å². The molecule has 0 aromatic carbocycles. The van der Waals surface area contributed by atoms with Crippen LogP contribution in [-0.4, -0.2) is 16.5 Å². The number of ketones is 1. The van der Waals surface area contributed by atoms with Crippen LogP contribution in [0.3, 0.4) is 0 Å². The summed E-state index contributed by atoms with van der Waals surface area (Å²) < 4.78 is 0. The molecular formula is C20H30O2. The minimum atomic E-state index is -0.487. The van der Waals surface area contributed by atoms with Crippen LogP contribution in [0.2, 0.25) is 0 Å². The molecule has 0 aliphatic heterocycles. The highest BCUT2D eigenvalue weighted by atomic mass is 16.3. The Hall–Kier alpha value is -0.630. The molecule has 0 saturated heterocycles. The lowest BCUT2D eigenvalue weighted by atomic mass is 9.50. The molecule has 2 heteroatoms. The SMILES string of the molecule is C[C@@H]1CC2=C(CCC(=O)C2)C2CC[C@@]3(C)C(CC[C@]3(C)O)C21. The first kappa shape index (κ1) is 14.9. The third-order valence-corrected chi connectivity index (χ3v) is 8.11. The topological polar surface area (TPSA) is 37.3 Å². The number of hydrogen-bond donors (Lipinski definition) is 1. The van der Waals surface area contributed by atoms with Crippen molar-refractivity contribution in [2.24, 2.45) is 29.1 Å². The maximum atomic E-state index is 11.8.